The van der Waals surface area contributed by atoms with Crippen molar-refractivity contribution in [3.63, 3.8) is 0 Å². The van der Waals surface area contributed by atoms with Crippen LogP contribution in [0, 0.1) is 0 Å². The zero-order chi connectivity index (χ0) is 11.5. The summed E-state index contributed by atoms with van der Waals surface area (Å²) in [5.74, 6) is -0.185. The number of aromatic nitrogens is 1. The Morgan fingerprint density at radius 3 is 3.06 bits per heavy atom. The number of carbonyl (C=O) groups is 1. The van der Waals surface area contributed by atoms with Crippen LogP contribution in [-0.4, -0.2) is 41.5 Å². The quantitative estimate of drug-likeness (QED) is 0.690. The van der Waals surface area contributed by atoms with Gasteiger partial charge in [0.2, 0.25) is 0 Å². The zero-order valence-electron chi connectivity index (χ0n) is 9.19. The van der Waals surface area contributed by atoms with Crippen LogP contribution >= 0.6 is 0 Å². The van der Waals surface area contributed by atoms with Crippen molar-refractivity contribution in [1.82, 2.24) is 15.2 Å². The summed E-state index contributed by atoms with van der Waals surface area (Å²) in [6.07, 6.45) is 1.53. The maximum Gasteiger partial charge on any atom is 0.260 e. The highest BCUT2D eigenvalue weighted by atomic mass is 16.2. The Morgan fingerprint density at radius 1 is 1.56 bits per heavy atom. The van der Waals surface area contributed by atoms with Crippen LogP contribution < -0.4 is 10.9 Å². The number of rotatable bonds is 1. The summed E-state index contributed by atoms with van der Waals surface area (Å²) in [5.41, 5.74) is -0.102. The zero-order valence-corrected chi connectivity index (χ0v) is 9.19. The molecule has 5 nitrogen and oxygen atoms in total. The molecule has 0 unspecified atom stereocenters. The van der Waals surface area contributed by atoms with Crippen LogP contribution in [0.5, 0.6) is 0 Å². The molecule has 1 aromatic rings. The summed E-state index contributed by atoms with van der Waals surface area (Å²) in [4.78, 5) is 27.7. The molecule has 0 saturated carbocycles. The average molecular weight is 221 g/mol. The largest absolute Gasteiger partial charge is 0.336 e. The molecule has 2 N–H and O–H groups in total. The van der Waals surface area contributed by atoms with Gasteiger partial charge in [-0.1, -0.05) is 0 Å². The van der Waals surface area contributed by atoms with E-state index in [0.717, 1.165) is 6.54 Å². The lowest BCUT2D eigenvalue weighted by Gasteiger charge is -2.31. The summed E-state index contributed by atoms with van der Waals surface area (Å²) < 4.78 is 0. The van der Waals surface area contributed by atoms with Gasteiger partial charge in [0.05, 0.1) is 0 Å². The predicted octanol–water partition coefficient (Wildman–Crippen LogP) is -0.191. The van der Waals surface area contributed by atoms with Gasteiger partial charge in [0, 0.05) is 31.9 Å². The van der Waals surface area contributed by atoms with Gasteiger partial charge in [-0.3, -0.25) is 9.59 Å². The van der Waals surface area contributed by atoms with Gasteiger partial charge < -0.3 is 15.2 Å². The fraction of sp³-hybridized carbons (Fsp3) is 0.455. The van der Waals surface area contributed by atoms with Gasteiger partial charge in [-0.05, 0) is 19.1 Å². The van der Waals surface area contributed by atoms with Gasteiger partial charge in [-0.2, -0.15) is 0 Å². The molecule has 1 saturated heterocycles. The van der Waals surface area contributed by atoms with Crippen molar-refractivity contribution in [2.24, 2.45) is 0 Å². The highest BCUT2D eigenvalue weighted by Gasteiger charge is 2.22. The Bertz CT molecular complexity index is 441. The van der Waals surface area contributed by atoms with Gasteiger partial charge >= 0.3 is 0 Å². The molecule has 1 atom stereocenters. The van der Waals surface area contributed by atoms with Gasteiger partial charge in [-0.25, -0.2) is 0 Å². The second-order valence-corrected chi connectivity index (χ2v) is 4.02. The molecule has 1 aromatic heterocycles. The van der Waals surface area contributed by atoms with E-state index in [1.54, 1.807) is 17.0 Å². The Balaban J connectivity index is 2.19. The van der Waals surface area contributed by atoms with E-state index in [4.69, 9.17) is 0 Å². The van der Waals surface area contributed by atoms with E-state index >= 15 is 0 Å². The first-order valence-corrected chi connectivity index (χ1v) is 5.39. The SMILES string of the molecule is C[C@@H]1CN(C(=O)c2ccc[nH]c2=O)CCN1. The summed E-state index contributed by atoms with van der Waals surface area (Å²) in [7, 11) is 0. The van der Waals surface area contributed by atoms with E-state index in [-0.39, 0.29) is 23.1 Å². The molecule has 0 radical (unpaired) electrons. The first-order chi connectivity index (χ1) is 7.68. The van der Waals surface area contributed by atoms with Crippen LogP contribution in [0.2, 0.25) is 0 Å². The molecule has 2 rings (SSSR count). The van der Waals surface area contributed by atoms with Crippen molar-refractivity contribution in [3.8, 4) is 0 Å². The summed E-state index contributed by atoms with van der Waals surface area (Å²) in [5, 5.41) is 3.25. The Kier molecular flexibility index (Phi) is 3.05. The number of hydrogen-bond donors (Lipinski definition) is 2. The summed E-state index contributed by atoms with van der Waals surface area (Å²) >= 11 is 0. The van der Waals surface area contributed by atoms with Crippen molar-refractivity contribution in [1.29, 1.82) is 0 Å². The number of piperazine rings is 1. The van der Waals surface area contributed by atoms with E-state index < -0.39 is 0 Å². The van der Waals surface area contributed by atoms with Crippen molar-refractivity contribution in [2.75, 3.05) is 19.6 Å². The molecule has 5 heteroatoms. The van der Waals surface area contributed by atoms with Crippen molar-refractivity contribution >= 4 is 5.91 Å². The molecule has 1 aliphatic rings. The third-order valence-electron chi connectivity index (χ3n) is 2.70. The third kappa shape index (κ3) is 2.14. The van der Waals surface area contributed by atoms with Crippen LogP contribution in [0.3, 0.4) is 0 Å². The number of pyridine rings is 1. The Labute approximate surface area is 93.5 Å². The first kappa shape index (κ1) is 10.9. The number of nitrogens with one attached hydrogen (secondary N) is 2. The molecule has 1 amide bonds. The molecule has 2 heterocycles. The van der Waals surface area contributed by atoms with Crippen LogP contribution in [0.1, 0.15) is 17.3 Å². The number of H-pyrrole nitrogens is 1. The molecule has 0 aliphatic carbocycles. The van der Waals surface area contributed by atoms with Gasteiger partial charge in [-0.15, -0.1) is 0 Å². The number of nitrogens with zero attached hydrogens (tertiary/aromatic N) is 1. The number of hydrogen-bond acceptors (Lipinski definition) is 3. The monoisotopic (exact) mass is 221 g/mol. The van der Waals surface area contributed by atoms with E-state index in [1.807, 2.05) is 6.92 Å². The lowest BCUT2D eigenvalue weighted by atomic mass is 10.2. The number of aromatic amines is 1. The van der Waals surface area contributed by atoms with E-state index in [0.29, 0.717) is 13.1 Å². The molecule has 0 aromatic carbocycles. The van der Waals surface area contributed by atoms with E-state index in [9.17, 15) is 9.59 Å². The second kappa shape index (κ2) is 4.49. The smallest absolute Gasteiger partial charge is 0.260 e. The molecule has 16 heavy (non-hydrogen) atoms. The maximum absolute atomic E-state index is 12.0. The van der Waals surface area contributed by atoms with Crippen LogP contribution in [0.15, 0.2) is 23.1 Å². The minimum Gasteiger partial charge on any atom is -0.336 e. The van der Waals surface area contributed by atoms with E-state index in [2.05, 4.69) is 10.3 Å². The van der Waals surface area contributed by atoms with Crippen molar-refractivity contribution in [3.05, 3.63) is 34.2 Å². The molecule has 86 valence electrons. The summed E-state index contributed by atoms with van der Waals surface area (Å²) in [6, 6.07) is 3.51. The van der Waals surface area contributed by atoms with Crippen LogP contribution in [0.25, 0.3) is 0 Å². The minimum absolute atomic E-state index is 0.185. The minimum atomic E-state index is -0.321. The van der Waals surface area contributed by atoms with Gasteiger partial charge in [0.1, 0.15) is 5.56 Å². The average Bonchev–Trinajstić information content (AvgIpc) is 2.29. The number of amides is 1. The fourth-order valence-corrected chi connectivity index (χ4v) is 1.88. The normalized spacial score (nSPS) is 20.8. The fourth-order valence-electron chi connectivity index (χ4n) is 1.88. The second-order valence-electron chi connectivity index (χ2n) is 4.02. The molecular formula is C11H15N3O2. The van der Waals surface area contributed by atoms with Gasteiger partial charge in [0.15, 0.2) is 0 Å². The number of carbonyl (C=O) groups excluding carboxylic acids is 1. The third-order valence-corrected chi connectivity index (χ3v) is 2.70. The topological polar surface area (TPSA) is 65.2 Å². The molecule has 0 bridgehead atoms. The maximum atomic E-state index is 12.0. The molecule has 1 fully saturated rings. The van der Waals surface area contributed by atoms with Crippen LogP contribution in [0.4, 0.5) is 0 Å². The summed E-state index contributed by atoms with van der Waals surface area (Å²) in [6.45, 7) is 4.09. The van der Waals surface area contributed by atoms with Crippen molar-refractivity contribution in [2.45, 2.75) is 13.0 Å². The Morgan fingerprint density at radius 2 is 2.38 bits per heavy atom. The standard InChI is InChI=1S/C11H15N3O2/c1-8-7-14(6-5-12-8)11(16)9-3-2-4-13-10(9)15/h2-4,8,12H,5-7H2,1H3,(H,13,15)/t8-/m1/s1. The first-order valence-electron chi connectivity index (χ1n) is 5.39. The molecule has 0 spiro atoms. The lowest BCUT2D eigenvalue weighted by molar-refractivity contribution is 0.0707. The highest BCUT2D eigenvalue weighted by molar-refractivity contribution is 5.93. The van der Waals surface area contributed by atoms with Crippen LogP contribution in [-0.2, 0) is 0 Å². The van der Waals surface area contributed by atoms with E-state index in [1.165, 1.54) is 6.20 Å². The predicted molar refractivity (Wildman–Crippen MR) is 60.4 cm³/mol. The lowest BCUT2D eigenvalue weighted by Crippen LogP contribution is -2.52. The molecular weight excluding hydrogens is 206 g/mol. The highest BCUT2D eigenvalue weighted by Crippen LogP contribution is 2.03. The molecule has 1 aliphatic heterocycles. The van der Waals surface area contributed by atoms with Gasteiger partial charge in [0.25, 0.3) is 11.5 Å². The Hall–Kier alpha value is -1.62. The van der Waals surface area contributed by atoms with Crippen molar-refractivity contribution < 1.29 is 4.79 Å².